The fourth-order valence-corrected chi connectivity index (χ4v) is 5.35. The fourth-order valence-electron chi connectivity index (χ4n) is 3.77. The summed E-state index contributed by atoms with van der Waals surface area (Å²) in [6, 6.07) is 5.47. The Morgan fingerprint density at radius 3 is 2.78 bits per heavy atom. The largest absolute Gasteiger partial charge is 0.461 e. The summed E-state index contributed by atoms with van der Waals surface area (Å²) >= 11 is 1.66. The summed E-state index contributed by atoms with van der Waals surface area (Å²) in [6.07, 6.45) is -4.99. The maximum Gasteiger partial charge on any atom is 0.461 e. The molecule has 2 aliphatic heterocycles. The van der Waals surface area contributed by atoms with Gasteiger partial charge in [-0.1, -0.05) is 12.1 Å². The third-order valence-electron chi connectivity index (χ3n) is 5.00. The number of carbonyl (C=O) groups excluding carboxylic acids is 1. The number of fused-ring (bicyclic) bond motifs is 2. The van der Waals surface area contributed by atoms with Gasteiger partial charge in [-0.15, -0.1) is 11.8 Å². The molecule has 0 aromatic heterocycles. The van der Waals surface area contributed by atoms with Crippen LogP contribution in [0, 0.1) is 5.92 Å². The Bertz CT molecular complexity index is 786. The van der Waals surface area contributed by atoms with Crippen LogP contribution in [0.15, 0.2) is 34.7 Å². The highest BCUT2D eigenvalue weighted by Crippen LogP contribution is 2.49. The predicted molar refractivity (Wildman–Crippen MR) is 92.4 cm³/mol. The highest BCUT2D eigenvalue weighted by atomic mass is 32.2. The van der Waals surface area contributed by atoms with Gasteiger partial charge in [-0.25, -0.2) is 0 Å². The van der Waals surface area contributed by atoms with Crippen molar-refractivity contribution in [2.45, 2.75) is 49.8 Å². The second kappa shape index (κ2) is 7.01. The second-order valence-corrected chi connectivity index (χ2v) is 8.05. The van der Waals surface area contributed by atoms with E-state index in [9.17, 15) is 22.4 Å². The first-order valence-electron chi connectivity index (χ1n) is 8.75. The van der Waals surface area contributed by atoms with Crippen LogP contribution in [0.3, 0.4) is 0 Å². The molecule has 0 spiro atoms. The smallest absolute Gasteiger partial charge is 0.428 e. The van der Waals surface area contributed by atoms with E-state index < -0.39 is 18.7 Å². The number of rotatable bonds is 4. The molecule has 1 aromatic rings. The summed E-state index contributed by atoms with van der Waals surface area (Å²) in [5.41, 5.74) is 1.67. The lowest BCUT2D eigenvalue weighted by atomic mass is 9.87. The van der Waals surface area contributed by atoms with Crippen molar-refractivity contribution in [2.75, 3.05) is 0 Å². The maximum atomic E-state index is 13.1. The number of nitrogens with one attached hydrogen (secondary N) is 2. The molecule has 3 aliphatic rings. The number of allylic oxidation sites excluding steroid dienone is 1. The highest BCUT2D eigenvalue weighted by Gasteiger charge is 2.46. The van der Waals surface area contributed by atoms with Crippen molar-refractivity contribution in [2.24, 2.45) is 5.92 Å². The van der Waals surface area contributed by atoms with Crippen LogP contribution in [0.2, 0.25) is 0 Å². The van der Waals surface area contributed by atoms with Gasteiger partial charge in [0, 0.05) is 0 Å². The topological polar surface area (TPSA) is 50.4 Å². The molecule has 4 rings (SSSR count). The van der Waals surface area contributed by atoms with Gasteiger partial charge in [0.2, 0.25) is 5.91 Å². The highest BCUT2D eigenvalue weighted by molar-refractivity contribution is 8.04. The average Bonchev–Trinajstić information content (AvgIpc) is 3.00. The van der Waals surface area contributed by atoms with Gasteiger partial charge >= 0.3 is 12.5 Å². The molecule has 0 radical (unpaired) electrons. The molecule has 1 fully saturated rings. The standard InChI is InChI=1S/C18H18F4N2O2S/c19-17(20)18(21,22)26-10-5-3-4-9(8-10)14-23-15(25)13-11-6-1-2-7-12(11)27-16(13)24-14/h3-5,8,13-14,16-17,24H,1-2,6-7H2,(H,23,25). The molecule has 3 atom stereocenters. The number of amides is 1. The van der Waals surface area contributed by atoms with E-state index in [1.54, 1.807) is 17.8 Å². The van der Waals surface area contributed by atoms with Crippen molar-refractivity contribution >= 4 is 17.7 Å². The number of alkyl halides is 4. The van der Waals surface area contributed by atoms with Crippen molar-refractivity contribution < 1.29 is 27.1 Å². The number of halogens is 4. The average molecular weight is 402 g/mol. The Kier molecular flexibility index (Phi) is 4.84. The van der Waals surface area contributed by atoms with Crippen LogP contribution in [0.4, 0.5) is 17.6 Å². The number of hydrogen-bond acceptors (Lipinski definition) is 4. The molecule has 9 heteroatoms. The van der Waals surface area contributed by atoms with Gasteiger partial charge in [0.15, 0.2) is 0 Å². The van der Waals surface area contributed by atoms with E-state index in [-0.39, 0.29) is 22.9 Å². The minimum absolute atomic E-state index is 0.104. The zero-order valence-electron chi connectivity index (χ0n) is 14.2. The quantitative estimate of drug-likeness (QED) is 0.743. The Morgan fingerprint density at radius 2 is 2.00 bits per heavy atom. The minimum atomic E-state index is -4.57. The summed E-state index contributed by atoms with van der Waals surface area (Å²) in [4.78, 5) is 13.9. The molecule has 146 valence electrons. The number of thioether (sulfide) groups is 1. The van der Waals surface area contributed by atoms with Crippen molar-refractivity contribution in [1.29, 1.82) is 0 Å². The Morgan fingerprint density at radius 1 is 1.22 bits per heavy atom. The lowest BCUT2D eigenvalue weighted by molar-refractivity contribution is -0.253. The van der Waals surface area contributed by atoms with Gasteiger partial charge < -0.3 is 10.1 Å². The summed E-state index contributed by atoms with van der Waals surface area (Å²) in [5.74, 6) is -0.705. The molecule has 0 bridgehead atoms. The number of hydrogen-bond donors (Lipinski definition) is 2. The summed E-state index contributed by atoms with van der Waals surface area (Å²) in [7, 11) is 0. The Balaban J connectivity index is 1.51. The van der Waals surface area contributed by atoms with Crippen molar-refractivity contribution in [3.05, 3.63) is 40.3 Å². The lowest BCUT2D eigenvalue weighted by Gasteiger charge is -2.35. The minimum Gasteiger partial charge on any atom is -0.428 e. The van der Waals surface area contributed by atoms with Crippen LogP contribution in [0.25, 0.3) is 0 Å². The summed E-state index contributed by atoms with van der Waals surface area (Å²) in [5, 5.41) is 6.08. The third kappa shape index (κ3) is 3.54. The van der Waals surface area contributed by atoms with Gasteiger partial charge in [-0.3, -0.25) is 10.1 Å². The van der Waals surface area contributed by atoms with E-state index in [0.717, 1.165) is 25.7 Å². The molecule has 1 aliphatic carbocycles. The van der Waals surface area contributed by atoms with Crippen molar-refractivity contribution in [3.63, 3.8) is 0 Å². The molecule has 3 unspecified atom stereocenters. The predicted octanol–water partition coefficient (Wildman–Crippen LogP) is 4.16. The van der Waals surface area contributed by atoms with Gasteiger partial charge in [0.25, 0.3) is 0 Å². The van der Waals surface area contributed by atoms with Gasteiger partial charge in [0.05, 0.1) is 11.3 Å². The zero-order chi connectivity index (χ0) is 19.2. The molecular formula is C18H18F4N2O2S. The van der Waals surface area contributed by atoms with Crippen molar-refractivity contribution in [1.82, 2.24) is 10.6 Å². The summed E-state index contributed by atoms with van der Waals surface area (Å²) in [6.45, 7) is 0. The Hall–Kier alpha value is -1.74. The number of carbonyl (C=O) groups is 1. The first-order chi connectivity index (χ1) is 12.8. The normalized spacial score (nSPS) is 28.0. The van der Waals surface area contributed by atoms with Crippen LogP contribution in [-0.2, 0) is 4.79 Å². The number of benzene rings is 1. The lowest BCUT2D eigenvalue weighted by Crippen LogP contribution is -2.54. The molecular weight excluding hydrogens is 384 g/mol. The van der Waals surface area contributed by atoms with Crippen LogP contribution in [0.1, 0.15) is 37.4 Å². The fraction of sp³-hybridized carbons (Fsp3) is 0.500. The van der Waals surface area contributed by atoms with Crippen molar-refractivity contribution in [3.8, 4) is 5.75 Å². The SMILES string of the molecule is O=C1NC(c2cccc(OC(F)(F)C(F)F)c2)NC2SC3=C(CCCC3)C12. The molecule has 2 N–H and O–H groups in total. The first kappa shape index (κ1) is 18.6. The second-order valence-electron chi connectivity index (χ2n) is 6.82. The van der Waals surface area contributed by atoms with E-state index in [4.69, 9.17) is 0 Å². The zero-order valence-corrected chi connectivity index (χ0v) is 15.0. The summed E-state index contributed by atoms with van der Waals surface area (Å²) < 4.78 is 55.1. The van der Waals surface area contributed by atoms with Gasteiger partial charge in [0.1, 0.15) is 11.9 Å². The maximum absolute atomic E-state index is 13.1. The molecule has 1 saturated heterocycles. The van der Waals surface area contributed by atoms with Crippen LogP contribution < -0.4 is 15.4 Å². The van der Waals surface area contributed by atoms with E-state index in [1.165, 1.54) is 28.7 Å². The van der Waals surface area contributed by atoms with E-state index >= 15 is 0 Å². The van der Waals surface area contributed by atoms with Crippen LogP contribution in [-0.4, -0.2) is 23.8 Å². The molecule has 0 saturated carbocycles. The molecule has 4 nitrogen and oxygen atoms in total. The van der Waals surface area contributed by atoms with E-state index in [2.05, 4.69) is 15.4 Å². The van der Waals surface area contributed by atoms with Crippen LogP contribution >= 0.6 is 11.8 Å². The third-order valence-corrected chi connectivity index (χ3v) is 6.42. The molecule has 1 aromatic carbocycles. The van der Waals surface area contributed by atoms with E-state index in [0.29, 0.717) is 5.56 Å². The Labute approximate surface area is 157 Å². The van der Waals surface area contributed by atoms with Gasteiger partial charge in [-0.2, -0.15) is 17.6 Å². The first-order valence-corrected chi connectivity index (χ1v) is 9.63. The van der Waals surface area contributed by atoms with Gasteiger partial charge in [-0.05, 0) is 53.9 Å². The molecule has 2 heterocycles. The van der Waals surface area contributed by atoms with Crippen LogP contribution in [0.5, 0.6) is 5.75 Å². The molecule has 27 heavy (non-hydrogen) atoms. The number of ether oxygens (including phenoxy) is 1. The van der Waals surface area contributed by atoms with E-state index in [1.807, 2.05) is 0 Å². The molecule has 1 amide bonds. The monoisotopic (exact) mass is 402 g/mol.